The molecule has 0 bridgehead atoms. The highest BCUT2D eigenvalue weighted by molar-refractivity contribution is 6.35. The van der Waals surface area contributed by atoms with Crippen LogP contribution in [-0.4, -0.2) is 32.7 Å². The number of hydrogen-bond donors (Lipinski definition) is 1. The Bertz CT molecular complexity index is 1070. The number of benzene rings is 1. The second-order valence-electron chi connectivity index (χ2n) is 6.70. The molecule has 0 unspecified atom stereocenters. The number of ether oxygens (including phenoxy) is 1. The highest BCUT2D eigenvalue weighted by Crippen LogP contribution is 2.26. The van der Waals surface area contributed by atoms with Gasteiger partial charge in [-0.25, -0.2) is 9.48 Å². The van der Waals surface area contributed by atoms with Crippen molar-refractivity contribution in [3.05, 3.63) is 75.8 Å². The number of pyridine rings is 1. The van der Waals surface area contributed by atoms with Crippen LogP contribution in [0, 0.1) is 6.92 Å². The molecule has 2 heterocycles. The highest BCUT2D eigenvalue weighted by atomic mass is 35.5. The summed E-state index contributed by atoms with van der Waals surface area (Å²) < 4.78 is 6.95. The Morgan fingerprint density at radius 3 is 2.50 bits per heavy atom. The molecule has 0 saturated heterocycles. The largest absolute Gasteiger partial charge is 0.449 e. The van der Waals surface area contributed by atoms with Crippen LogP contribution in [0.15, 0.2) is 48.9 Å². The van der Waals surface area contributed by atoms with E-state index in [0.29, 0.717) is 21.3 Å². The van der Waals surface area contributed by atoms with E-state index in [1.54, 1.807) is 61.3 Å². The molecule has 0 aliphatic rings. The maximum atomic E-state index is 12.6. The molecule has 156 valence electrons. The average molecular weight is 447 g/mol. The molecule has 0 spiro atoms. The second-order valence-corrected chi connectivity index (χ2v) is 7.55. The lowest BCUT2D eigenvalue weighted by Crippen LogP contribution is -2.37. The number of carbonyl (C=O) groups is 2. The molecule has 1 amide bonds. The van der Waals surface area contributed by atoms with E-state index in [1.165, 1.54) is 13.1 Å². The summed E-state index contributed by atoms with van der Waals surface area (Å²) in [5.74, 6) is -1.08. The predicted octanol–water partition coefficient (Wildman–Crippen LogP) is 4.31. The van der Waals surface area contributed by atoms with Crippen LogP contribution in [0.25, 0.3) is 5.69 Å². The summed E-state index contributed by atoms with van der Waals surface area (Å²) >= 11 is 12.1. The number of rotatable bonds is 6. The number of hydrogen-bond acceptors (Lipinski definition) is 5. The molecule has 9 heteroatoms. The molecule has 0 fully saturated rings. The van der Waals surface area contributed by atoms with Crippen molar-refractivity contribution in [2.24, 2.45) is 0 Å². The minimum Gasteiger partial charge on any atom is -0.449 e. The molecular weight excluding hydrogens is 427 g/mol. The van der Waals surface area contributed by atoms with Gasteiger partial charge in [-0.15, -0.1) is 0 Å². The third-order valence-electron chi connectivity index (χ3n) is 4.58. The van der Waals surface area contributed by atoms with Crippen LogP contribution in [-0.2, 0) is 9.53 Å². The lowest BCUT2D eigenvalue weighted by atomic mass is 10.1. The predicted molar refractivity (Wildman–Crippen MR) is 114 cm³/mol. The minimum absolute atomic E-state index is 0.278. The summed E-state index contributed by atoms with van der Waals surface area (Å²) in [6.45, 7) is 5.04. The zero-order chi connectivity index (χ0) is 21.8. The topological polar surface area (TPSA) is 86.1 Å². The van der Waals surface area contributed by atoms with Crippen LogP contribution in [0.3, 0.4) is 0 Å². The standard InChI is InChI=1S/C21H20Cl2N4O3/c1-12(17-5-4-15(22)10-19(17)23)26-20(28)14(3)30-21(29)18-11-25-27(13(18)2)16-6-8-24-9-7-16/h4-12,14H,1-3H3,(H,26,28)/t12-,14-/m1/s1. The maximum Gasteiger partial charge on any atom is 0.342 e. The Morgan fingerprint density at radius 2 is 1.83 bits per heavy atom. The van der Waals surface area contributed by atoms with Crippen molar-refractivity contribution in [2.75, 3.05) is 0 Å². The van der Waals surface area contributed by atoms with E-state index in [9.17, 15) is 9.59 Å². The van der Waals surface area contributed by atoms with E-state index in [0.717, 1.165) is 5.69 Å². The number of esters is 1. The Labute approximate surface area is 184 Å². The van der Waals surface area contributed by atoms with E-state index in [-0.39, 0.29) is 11.6 Å². The third-order valence-corrected chi connectivity index (χ3v) is 5.14. The smallest absolute Gasteiger partial charge is 0.342 e. The number of halogens is 2. The van der Waals surface area contributed by atoms with Gasteiger partial charge in [-0.05, 0) is 50.6 Å². The van der Waals surface area contributed by atoms with Crippen molar-refractivity contribution in [1.82, 2.24) is 20.1 Å². The fourth-order valence-corrected chi connectivity index (χ4v) is 3.47. The van der Waals surface area contributed by atoms with Crippen LogP contribution in [0.2, 0.25) is 10.0 Å². The van der Waals surface area contributed by atoms with Crippen LogP contribution in [0.5, 0.6) is 0 Å². The van der Waals surface area contributed by atoms with Crippen molar-refractivity contribution < 1.29 is 14.3 Å². The Balaban J connectivity index is 1.65. The number of aromatic nitrogens is 3. The molecule has 1 aromatic carbocycles. The van der Waals surface area contributed by atoms with Gasteiger partial charge in [-0.1, -0.05) is 29.3 Å². The summed E-state index contributed by atoms with van der Waals surface area (Å²) in [4.78, 5) is 29.0. The fraction of sp³-hybridized carbons (Fsp3) is 0.238. The normalized spacial score (nSPS) is 12.8. The van der Waals surface area contributed by atoms with Crippen LogP contribution in [0.4, 0.5) is 0 Å². The molecule has 0 aliphatic carbocycles. The van der Waals surface area contributed by atoms with Crippen molar-refractivity contribution in [2.45, 2.75) is 32.9 Å². The van der Waals surface area contributed by atoms with Crippen LogP contribution >= 0.6 is 23.2 Å². The van der Waals surface area contributed by atoms with Gasteiger partial charge in [0.1, 0.15) is 5.56 Å². The molecule has 3 rings (SSSR count). The summed E-state index contributed by atoms with van der Waals surface area (Å²) in [6, 6.07) is 8.19. The first kappa shape index (κ1) is 21.8. The van der Waals surface area contributed by atoms with Gasteiger partial charge in [-0.2, -0.15) is 5.10 Å². The van der Waals surface area contributed by atoms with Gasteiger partial charge in [-0.3, -0.25) is 9.78 Å². The number of nitrogens with zero attached hydrogens (tertiary/aromatic N) is 3. The SMILES string of the molecule is Cc1c(C(=O)O[C@H](C)C(=O)N[C@H](C)c2ccc(Cl)cc2Cl)cnn1-c1ccncc1. The van der Waals surface area contributed by atoms with Crippen LogP contribution in [0.1, 0.15) is 41.5 Å². The Morgan fingerprint density at radius 1 is 1.13 bits per heavy atom. The average Bonchev–Trinajstić information content (AvgIpc) is 3.09. The molecule has 0 aliphatic heterocycles. The van der Waals surface area contributed by atoms with Gasteiger partial charge >= 0.3 is 5.97 Å². The Hall–Kier alpha value is -2.90. The fourth-order valence-electron chi connectivity index (χ4n) is 2.89. The number of carbonyl (C=O) groups excluding carboxylic acids is 2. The first-order valence-corrected chi connectivity index (χ1v) is 9.95. The van der Waals surface area contributed by atoms with E-state index < -0.39 is 18.0 Å². The molecule has 2 atom stereocenters. The van der Waals surface area contributed by atoms with E-state index in [1.807, 2.05) is 0 Å². The van der Waals surface area contributed by atoms with E-state index in [4.69, 9.17) is 27.9 Å². The number of nitrogens with one attached hydrogen (secondary N) is 1. The molecule has 1 N–H and O–H groups in total. The summed E-state index contributed by atoms with van der Waals surface area (Å²) in [5, 5.41) is 7.96. The summed E-state index contributed by atoms with van der Waals surface area (Å²) in [6.07, 6.45) is 3.68. The van der Waals surface area contributed by atoms with Gasteiger partial charge in [0.05, 0.1) is 23.6 Å². The van der Waals surface area contributed by atoms with Gasteiger partial charge in [0.2, 0.25) is 0 Å². The molecule has 0 saturated carbocycles. The summed E-state index contributed by atoms with van der Waals surface area (Å²) in [5.41, 5.74) is 2.35. The highest BCUT2D eigenvalue weighted by Gasteiger charge is 2.24. The minimum atomic E-state index is -1.00. The maximum absolute atomic E-state index is 12.6. The molecule has 2 aromatic heterocycles. The van der Waals surface area contributed by atoms with Crippen LogP contribution < -0.4 is 5.32 Å². The van der Waals surface area contributed by atoms with E-state index in [2.05, 4.69) is 15.4 Å². The third kappa shape index (κ3) is 4.80. The molecule has 3 aromatic rings. The zero-order valence-corrected chi connectivity index (χ0v) is 18.1. The van der Waals surface area contributed by atoms with Crippen molar-refractivity contribution in [3.8, 4) is 5.69 Å². The lowest BCUT2D eigenvalue weighted by Gasteiger charge is -2.19. The molecule has 0 radical (unpaired) electrons. The molecular formula is C21H20Cl2N4O3. The molecule has 30 heavy (non-hydrogen) atoms. The van der Waals surface area contributed by atoms with E-state index >= 15 is 0 Å². The van der Waals surface area contributed by atoms with Gasteiger partial charge in [0, 0.05) is 22.4 Å². The van der Waals surface area contributed by atoms with Gasteiger partial charge in [0.15, 0.2) is 6.10 Å². The van der Waals surface area contributed by atoms with Gasteiger partial charge in [0.25, 0.3) is 5.91 Å². The second kappa shape index (κ2) is 9.28. The van der Waals surface area contributed by atoms with Crippen molar-refractivity contribution in [3.63, 3.8) is 0 Å². The molecule has 7 nitrogen and oxygen atoms in total. The zero-order valence-electron chi connectivity index (χ0n) is 16.6. The Kier molecular flexibility index (Phi) is 6.74. The number of amides is 1. The van der Waals surface area contributed by atoms with Crippen molar-refractivity contribution >= 4 is 35.1 Å². The first-order valence-electron chi connectivity index (χ1n) is 9.19. The quantitative estimate of drug-likeness (QED) is 0.570. The monoisotopic (exact) mass is 446 g/mol. The van der Waals surface area contributed by atoms with Gasteiger partial charge < -0.3 is 10.1 Å². The summed E-state index contributed by atoms with van der Waals surface area (Å²) in [7, 11) is 0. The van der Waals surface area contributed by atoms with Crippen molar-refractivity contribution in [1.29, 1.82) is 0 Å². The first-order chi connectivity index (χ1) is 14.3. The lowest BCUT2D eigenvalue weighted by molar-refractivity contribution is -0.129.